The molecule has 2 aromatic rings. The maximum atomic E-state index is 13.2. The molecule has 4 N–H and O–H groups in total. The van der Waals surface area contributed by atoms with E-state index in [0.29, 0.717) is 5.69 Å². The third-order valence-corrected chi connectivity index (χ3v) is 3.16. The number of rotatable bonds is 4. The van der Waals surface area contributed by atoms with Gasteiger partial charge in [-0.3, -0.25) is 15.5 Å². The maximum absolute atomic E-state index is 13.2. The second-order valence-electron chi connectivity index (χ2n) is 3.99. The van der Waals surface area contributed by atoms with Crippen LogP contribution < -0.4 is 16.6 Å². The Balaban J connectivity index is 2.48. The molecule has 0 spiro atoms. The summed E-state index contributed by atoms with van der Waals surface area (Å²) >= 11 is 3.04. The summed E-state index contributed by atoms with van der Waals surface area (Å²) < 4.78 is 13.4. The molecule has 0 bridgehead atoms. The lowest BCUT2D eigenvalue weighted by Gasteiger charge is -2.09. The van der Waals surface area contributed by atoms with E-state index in [4.69, 9.17) is 5.84 Å². The van der Waals surface area contributed by atoms with Crippen LogP contribution in [0, 0.1) is 22.9 Å². The van der Waals surface area contributed by atoms with Crippen LogP contribution in [0.3, 0.4) is 0 Å². The number of nitrogen functional groups attached to an aromatic ring is 1. The predicted octanol–water partition coefficient (Wildman–Crippen LogP) is 2.62. The number of aryl methyl sites for hydroxylation is 1. The Bertz CT molecular complexity index is 711. The van der Waals surface area contributed by atoms with Crippen molar-refractivity contribution in [2.45, 2.75) is 6.92 Å². The van der Waals surface area contributed by atoms with E-state index < -0.39 is 10.7 Å². The Morgan fingerprint density at radius 3 is 2.71 bits per heavy atom. The molecule has 8 nitrogen and oxygen atoms in total. The zero-order valence-corrected chi connectivity index (χ0v) is 12.3. The summed E-state index contributed by atoms with van der Waals surface area (Å²) in [5, 5.41) is 13.9. The molecule has 0 saturated carbocycles. The van der Waals surface area contributed by atoms with Crippen molar-refractivity contribution in [2.75, 3.05) is 10.7 Å². The minimum absolute atomic E-state index is 0.0294. The van der Waals surface area contributed by atoms with Crippen LogP contribution in [0.4, 0.5) is 27.5 Å². The van der Waals surface area contributed by atoms with Gasteiger partial charge >= 0.3 is 5.69 Å². The van der Waals surface area contributed by atoms with Gasteiger partial charge in [0.25, 0.3) is 0 Å². The number of hydrogen-bond donors (Lipinski definition) is 3. The number of hydrazine groups is 1. The highest BCUT2D eigenvalue weighted by molar-refractivity contribution is 9.10. The molecular weight excluding hydrogens is 347 g/mol. The number of nitrogens with two attached hydrogens (primary N) is 1. The standard InChI is InChI=1S/C11H10BrFN6O2/c1-5-9(19(20)21)10(17-11(15-5)18-14)16-6-2-3-8(13)7(12)4-6/h2-4H,14H2,1H3,(H2,15,16,17,18). The number of nitro groups is 1. The summed E-state index contributed by atoms with van der Waals surface area (Å²) in [5.41, 5.74) is 2.51. The van der Waals surface area contributed by atoms with Crippen molar-refractivity contribution in [3.05, 3.63) is 44.3 Å². The smallest absolute Gasteiger partial charge is 0.332 e. The van der Waals surface area contributed by atoms with Gasteiger partial charge < -0.3 is 5.32 Å². The van der Waals surface area contributed by atoms with Crippen molar-refractivity contribution in [2.24, 2.45) is 5.84 Å². The van der Waals surface area contributed by atoms with Crippen LogP contribution in [0.2, 0.25) is 0 Å². The van der Waals surface area contributed by atoms with Crippen molar-refractivity contribution >= 4 is 39.1 Å². The monoisotopic (exact) mass is 356 g/mol. The van der Waals surface area contributed by atoms with Gasteiger partial charge in [-0.05, 0) is 41.1 Å². The first-order chi connectivity index (χ1) is 9.92. The molecule has 1 aromatic heterocycles. The molecule has 0 unspecified atom stereocenters. The fourth-order valence-corrected chi connectivity index (χ4v) is 2.03. The molecule has 21 heavy (non-hydrogen) atoms. The zero-order chi connectivity index (χ0) is 15.6. The molecule has 1 aromatic carbocycles. The molecule has 0 saturated heterocycles. The Morgan fingerprint density at radius 2 is 2.14 bits per heavy atom. The third kappa shape index (κ3) is 3.23. The SMILES string of the molecule is Cc1nc(NN)nc(Nc2ccc(F)c(Br)c2)c1[N+](=O)[O-]. The molecule has 0 aliphatic carbocycles. The second-order valence-corrected chi connectivity index (χ2v) is 4.84. The minimum Gasteiger partial charge on any atom is -0.334 e. The first kappa shape index (κ1) is 15.1. The molecule has 0 atom stereocenters. The number of hydrogen-bond acceptors (Lipinski definition) is 7. The second kappa shape index (κ2) is 5.97. The fourth-order valence-electron chi connectivity index (χ4n) is 1.65. The number of anilines is 3. The van der Waals surface area contributed by atoms with Crippen molar-refractivity contribution in [1.29, 1.82) is 0 Å². The van der Waals surface area contributed by atoms with Crippen LogP contribution in [0.25, 0.3) is 0 Å². The number of nitrogens with zero attached hydrogens (tertiary/aromatic N) is 3. The van der Waals surface area contributed by atoms with E-state index in [1.807, 2.05) is 0 Å². The average Bonchev–Trinajstić information content (AvgIpc) is 2.41. The highest BCUT2D eigenvalue weighted by Crippen LogP contribution is 2.30. The molecule has 1 heterocycles. The van der Waals surface area contributed by atoms with Crippen LogP contribution in [0.1, 0.15) is 5.69 Å². The molecule has 0 fully saturated rings. The van der Waals surface area contributed by atoms with E-state index in [9.17, 15) is 14.5 Å². The summed E-state index contributed by atoms with van der Waals surface area (Å²) in [6.07, 6.45) is 0. The summed E-state index contributed by atoms with van der Waals surface area (Å²) in [4.78, 5) is 18.3. The molecular formula is C11H10BrFN6O2. The summed E-state index contributed by atoms with van der Waals surface area (Å²) in [5.74, 6) is 4.76. The quantitative estimate of drug-likeness (QED) is 0.437. The van der Waals surface area contributed by atoms with Crippen molar-refractivity contribution in [3.63, 3.8) is 0 Å². The third-order valence-electron chi connectivity index (χ3n) is 2.55. The first-order valence-corrected chi connectivity index (χ1v) is 6.43. The van der Waals surface area contributed by atoms with Crippen molar-refractivity contribution < 1.29 is 9.31 Å². The van der Waals surface area contributed by atoms with E-state index in [1.165, 1.54) is 25.1 Å². The van der Waals surface area contributed by atoms with Gasteiger partial charge in [0.05, 0.1) is 9.40 Å². The van der Waals surface area contributed by atoms with Gasteiger partial charge in [-0.15, -0.1) is 0 Å². The van der Waals surface area contributed by atoms with E-state index in [2.05, 4.69) is 36.6 Å². The van der Waals surface area contributed by atoms with E-state index in [1.54, 1.807) is 0 Å². The Morgan fingerprint density at radius 1 is 1.43 bits per heavy atom. The molecule has 110 valence electrons. The van der Waals surface area contributed by atoms with Gasteiger partial charge in [0.2, 0.25) is 11.8 Å². The topological polar surface area (TPSA) is 119 Å². The largest absolute Gasteiger partial charge is 0.334 e. The zero-order valence-electron chi connectivity index (χ0n) is 10.7. The van der Waals surface area contributed by atoms with Crippen LogP contribution >= 0.6 is 15.9 Å². The lowest BCUT2D eigenvalue weighted by atomic mass is 10.3. The summed E-state index contributed by atoms with van der Waals surface area (Å²) in [6, 6.07) is 4.08. The van der Waals surface area contributed by atoms with E-state index >= 15 is 0 Å². The van der Waals surface area contributed by atoms with E-state index in [-0.39, 0.29) is 27.6 Å². The number of aromatic nitrogens is 2. The molecule has 0 radical (unpaired) electrons. The van der Waals surface area contributed by atoms with Crippen molar-refractivity contribution in [1.82, 2.24) is 9.97 Å². The highest BCUT2D eigenvalue weighted by atomic mass is 79.9. The Hall–Kier alpha value is -2.33. The van der Waals surface area contributed by atoms with Crippen LogP contribution in [0.5, 0.6) is 0 Å². The molecule has 0 aliphatic heterocycles. The molecule has 0 aliphatic rings. The van der Waals surface area contributed by atoms with Gasteiger partial charge in [0.15, 0.2) is 0 Å². The van der Waals surface area contributed by atoms with Gasteiger partial charge in [-0.2, -0.15) is 4.98 Å². The lowest BCUT2D eigenvalue weighted by molar-refractivity contribution is -0.385. The van der Waals surface area contributed by atoms with Gasteiger partial charge in [-0.25, -0.2) is 15.2 Å². The average molecular weight is 357 g/mol. The summed E-state index contributed by atoms with van der Waals surface area (Å²) in [7, 11) is 0. The van der Waals surface area contributed by atoms with Crippen LogP contribution in [-0.2, 0) is 0 Å². The Labute approximate surface area is 126 Å². The fraction of sp³-hybridized carbons (Fsp3) is 0.0909. The first-order valence-electron chi connectivity index (χ1n) is 5.64. The normalized spacial score (nSPS) is 10.3. The number of benzene rings is 1. The van der Waals surface area contributed by atoms with E-state index in [0.717, 1.165) is 0 Å². The molecule has 0 amide bonds. The van der Waals surface area contributed by atoms with Gasteiger partial charge in [-0.1, -0.05) is 0 Å². The Kier molecular flexibility index (Phi) is 4.29. The van der Waals surface area contributed by atoms with Crippen LogP contribution in [-0.4, -0.2) is 14.9 Å². The number of halogens is 2. The minimum atomic E-state index is -0.601. The van der Waals surface area contributed by atoms with Crippen LogP contribution in [0.15, 0.2) is 22.7 Å². The number of nitrogens with one attached hydrogen (secondary N) is 2. The highest BCUT2D eigenvalue weighted by Gasteiger charge is 2.22. The molecule has 10 heteroatoms. The lowest BCUT2D eigenvalue weighted by Crippen LogP contribution is -2.13. The van der Waals surface area contributed by atoms with Gasteiger partial charge in [0.1, 0.15) is 11.5 Å². The predicted molar refractivity (Wildman–Crippen MR) is 78.6 cm³/mol. The maximum Gasteiger partial charge on any atom is 0.332 e. The van der Waals surface area contributed by atoms with Crippen molar-refractivity contribution in [3.8, 4) is 0 Å². The van der Waals surface area contributed by atoms with Gasteiger partial charge in [0, 0.05) is 5.69 Å². The summed E-state index contributed by atoms with van der Waals surface area (Å²) in [6.45, 7) is 1.46. The molecule has 2 rings (SSSR count).